The van der Waals surface area contributed by atoms with E-state index in [1.807, 2.05) is 18.2 Å². The van der Waals surface area contributed by atoms with Crippen molar-refractivity contribution < 1.29 is 14.3 Å². The molecule has 114 valence electrons. The van der Waals surface area contributed by atoms with Gasteiger partial charge in [-0.3, -0.25) is 4.79 Å². The average molecular weight is 289 g/mol. The molecular formula is C17H23NO3. The zero-order valence-corrected chi connectivity index (χ0v) is 12.3. The van der Waals surface area contributed by atoms with Crippen molar-refractivity contribution in [1.29, 1.82) is 0 Å². The van der Waals surface area contributed by atoms with Crippen LogP contribution >= 0.6 is 0 Å². The van der Waals surface area contributed by atoms with Crippen molar-refractivity contribution in [3.8, 4) is 0 Å². The number of hydrogen-bond donors (Lipinski definition) is 1. The van der Waals surface area contributed by atoms with E-state index in [1.54, 1.807) is 0 Å². The molecule has 4 heteroatoms. The molecule has 0 unspecified atom stereocenters. The first kappa shape index (κ1) is 14.5. The Kier molecular flexibility index (Phi) is 4.56. The summed E-state index contributed by atoms with van der Waals surface area (Å²) in [5.74, 6) is -0.0844. The van der Waals surface area contributed by atoms with E-state index in [1.165, 1.54) is 5.56 Å². The van der Waals surface area contributed by atoms with Crippen molar-refractivity contribution in [3.63, 3.8) is 0 Å². The molecule has 1 aromatic rings. The minimum atomic E-state index is -0.374. The van der Waals surface area contributed by atoms with Crippen LogP contribution in [0.2, 0.25) is 0 Å². The van der Waals surface area contributed by atoms with E-state index in [4.69, 9.17) is 9.47 Å². The molecule has 0 atom stereocenters. The first-order valence-electron chi connectivity index (χ1n) is 7.87. The predicted octanol–water partition coefficient (Wildman–Crippen LogP) is 2.28. The van der Waals surface area contributed by atoms with Gasteiger partial charge in [-0.1, -0.05) is 30.3 Å². The SMILES string of the molecule is O=C(NCCc1ccccc1)C1CCC2(CC1)OCCO2. The number of ether oxygens (including phenoxy) is 2. The molecule has 0 bridgehead atoms. The molecule has 2 fully saturated rings. The summed E-state index contributed by atoms with van der Waals surface area (Å²) in [6.07, 6.45) is 4.28. The summed E-state index contributed by atoms with van der Waals surface area (Å²) >= 11 is 0. The zero-order valence-electron chi connectivity index (χ0n) is 12.3. The molecule has 1 amide bonds. The predicted molar refractivity (Wildman–Crippen MR) is 79.7 cm³/mol. The average Bonchev–Trinajstić information content (AvgIpc) is 2.97. The molecule has 1 aromatic carbocycles. The minimum absolute atomic E-state index is 0.110. The molecule has 1 saturated heterocycles. The molecule has 2 aliphatic rings. The molecule has 0 aromatic heterocycles. The quantitative estimate of drug-likeness (QED) is 0.925. The number of carbonyl (C=O) groups excluding carboxylic acids is 1. The Morgan fingerprint density at radius 2 is 1.81 bits per heavy atom. The van der Waals surface area contributed by atoms with Gasteiger partial charge in [0.05, 0.1) is 13.2 Å². The van der Waals surface area contributed by atoms with Crippen LogP contribution in [0.3, 0.4) is 0 Å². The fraction of sp³-hybridized carbons (Fsp3) is 0.588. The van der Waals surface area contributed by atoms with Crippen molar-refractivity contribution in [2.75, 3.05) is 19.8 Å². The Balaban J connectivity index is 1.40. The van der Waals surface area contributed by atoms with Crippen LogP contribution in [0, 0.1) is 5.92 Å². The monoisotopic (exact) mass is 289 g/mol. The lowest BCUT2D eigenvalue weighted by Gasteiger charge is -2.34. The lowest BCUT2D eigenvalue weighted by molar-refractivity contribution is -0.183. The van der Waals surface area contributed by atoms with E-state index in [0.717, 1.165) is 32.1 Å². The van der Waals surface area contributed by atoms with Crippen LogP contribution in [0.4, 0.5) is 0 Å². The van der Waals surface area contributed by atoms with Gasteiger partial charge in [-0.2, -0.15) is 0 Å². The lowest BCUT2D eigenvalue weighted by atomic mass is 9.84. The molecule has 4 nitrogen and oxygen atoms in total. The summed E-state index contributed by atoms with van der Waals surface area (Å²) in [5, 5.41) is 3.06. The minimum Gasteiger partial charge on any atom is -0.356 e. The summed E-state index contributed by atoms with van der Waals surface area (Å²) in [6.45, 7) is 2.08. The fourth-order valence-electron chi connectivity index (χ4n) is 3.22. The Hall–Kier alpha value is -1.39. The first-order chi connectivity index (χ1) is 10.3. The number of nitrogens with one attached hydrogen (secondary N) is 1. The molecule has 1 aliphatic carbocycles. The lowest BCUT2D eigenvalue weighted by Crippen LogP contribution is -2.40. The molecule has 1 heterocycles. The van der Waals surface area contributed by atoms with Crippen LogP contribution in [0.5, 0.6) is 0 Å². The van der Waals surface area contributed by atoms with E-state index in [9.17, 15) is 4.79 Å². The normalized spacial score (nSPS) is 21.5. The number of benzene rings is 1. The van der Waals surface area contributed by atoms with Gasteiger partial charge in [-0.05, 0) is 24.8 Å². The second kappa shape index (κ2) is 6.58. The molecule has 1 N–H and O–H groups in total. The summed E-state index contributed by atoms with van der Waals surface area (Å²) < 4.78 is 11.4. The molecule has 1 spiro atoms. The van der Waals surface area contributed by atoms with Gasteiger partial charge in [0.1, 0.15) is 0 Å². The molecule has 21 heavy (non-hydrogen) atoms. The number of amides is 1. The maximum Gasteiger partial charge on any atom is 0.223 e. The highest BCUT2D eigenvalue weighted by Crippen LogP contribution is 2.38. The Labute approximate surface area is 125 Å². The van der Waals surface area contributed by atoms with Gasteiger partial charge < -0.3 is 14.8 Å². The van der Waals surface area contributed by atoms with Gasteiger partial charge in [-0.15, -0.1) is 0 Å². The second-order valence-electron chi connectivity index (χ2n) is 5.91. The van der Waals surface area contributed by atoms with Crippen molar-refractivity contribution in [1.82, 2.24) is 5.32 Å². The van der Waals surface area contributed by atoms with E-state index in [0.29, 0.717) is 19.8 Å². The summed E-state index contributed by atoms with van der Waals surface area (Å²) in [6, 6.07) is 10.2. The topological polar surface area (TPSA) is 47.6 Å². The number of rotatable bonds is 4. The van der Waals surface area contributed by atoms with Gasteiger partial charge in [0, 0.05) is 25.3 Å². The third-order valence-electron chi connectivity index (χ3n) is 4.49. The van der Waals surface area contributed by atoms with Gasteiger partial charge in [-0.25, -0.2) is 0 Å². The van der Waals surface area contributed by atoms with Gasteiger partial charge in [0.2, 0.25) is 5.91 Å². The van der Waals surface area contributed by atoms with Crippen LogP contribution in [-0.4, -0.2) is 31.5 Å². The Bertz CT molecular complexity index is 458. The second-order valence-corrected chi connectivity index (χ2v) is 5.91. The highest BCUT2D eigenvalue weighted by molar-refractivity contribution is 5.78. The standard InChI is InChI=1S/C17H23NO3/c19-16(18-11-8-14-4-2-1-3-5-14)15-6-9-17(10-7-15)20-12-13-21-17/h1-5,15H,6-13H2,(H,18,19). The zero-order chi connectivity index (χ0) is 14.5. The summed E-state index contributed by atoms with van der Waals surface area (Å²) in [7, 11) is 0. The molecular weight excluding hydrogens is 266 g/mol. The summed E-state index contributed by atoms with van der Waals surface area (Å²) in [5.41, 5.74) is 1.26. The Morgan fingerprint density at radius 1 is 1.14 bits per heavy atom. The molecule has 1 saturated carbocycles. The maximum atomic E-state index is 12.2. The van der Waals surface area contributed by atoms with Crippen LogP contribution in [0.25, 0.3) is 0 Å². The van der Waals surface area contributed by atoms with Gasteiger partial charge in [0.15, 0.2) is 5.79 Å². The van der Waals surface area contributed by atoms with Crippen LogP contribution < -0.4 is 5.32 Å². The van der Waals surface area contributed by atoms with Crippen LogP contribution in [0.1, 0.15) is 31.2 Å². The molecule has 3 rings (SSSR count). The largest absolute Gasteiger partial charge is 0.356 e. The van der Waals surface area contributed by atoms with Crippen molar-refractivity contribution >= 4 is 5.91 Å². The third-order valence-corrected chi connectivity index (χ3v) is 4.49. The van der Waals surface area contributed by atoms with Gasteiger partial charge in [0.25, 0.3) is 0 Å². The first-order valence-corrected chi connectivity index (χ1v) is 7.87. The van der Waals surface area contributed by atoms with Crippen LogP contribution in [0.15, 0.2) is 30.3 Å². The Morgan fingerprint density at radius 3 is 2.48 bits per heavy atom. The van der Waals surface area contributed by atoms with Crippen molar-refractivity contribution in [2.45, 2.75) is 37.9 Å². The van der Waals surface area contributed by atoms with Crippen molar-refractivity contribution in [2.24, 2.45) is 5.92 Å². The third kappa shape index (κ3) is 3.63. The van der Waals surface area contributed by atoms with E-state index >= 15 is 0 Å². The molecule has 1 aliphatic heterocycles. The van der Waals surface area contributed by atoms with Crippen molar-refractivity contribution in [3.05, 3.63) is 35.9 Å². The highest BCUT2D eigenvalue weighted by Gasteiger charge is 2.41. The van der Waals surface area contributed by atoms with Crippen LogP contribution in [-0.2, 0) is 20.7 Å². The van der Waals surface area contributed by atoms with E-state index in [-0.39, 0.29) is 17.6 Å². The smallest absolute Gasteiger partial charge is 0.223 e. The maximum absolute atomic E-state index is 12.2. The van der Waals surface area contributed by atoms with E-state index in [2.05, 4.69) is 17.4 Å². The summed E-state index contributed by atoms with van der Waals surface area (Å²) in [4.78, 5) is 12.2. The fourth-order valence-corrected chi connectivity index (χ4v) is 3.22. The number of hydrogen-bond acceptors (Lipinski definition) is 3. The molecule has 0 radical (unpaired) electrons. The highest BCUT2D eigenvalue weighted by atomic mass is 16.7. The van der Waals surface area contributed by atoms with Gasteiger partial charge >= 0.3 is 0 Å². The number of carbonyl (C=O) groups is 1. The van der Waals surface area contributed by atoms with E-state index < -0.39 is 0 Å².